The number of halogens is 2. The molecule has 0 radical (unpaired) electrons. The summed E-state index contributed by atoms with van der Waals surface area (Å²) < 4.78 is 26.1. The molecule has 3 nitrogen and oxygen atoms in total. The molecular formula is C13H19F2N3. The molecule has 0 spiro atoms. The lowest BCUT2D eigenvalue weighted by atomic mass is 9.94. The zero-order chi connectivity index (χ0) is 13.0. The van der Waals surface area contributed by atoms with Crippen LogP contribution in [0, 0.1) is 17.6 Å². The van der Waals surface area contributed by atoms with Crippen molar-refractivity contribution in [3.63, 3.8) is 0 Å². The molecule has 5 heteroatoms. The molecule has 2 rings (SSSR count). The number of hydrogen-bond donors (Lipinski definition) is 3. The fraction of sp³-hybridized carbons (Fsp3) is 0.538. The molecule has 1 aromatic rings. The van der Waals surface area contributed by atoms with Gasteiger partial charge < -0.3 is 5.32 Å². The van der Waals surface area contributed by atoms with Crippen LogP contribution < -0.4 is 16.2 Å². The third-order valence-corrected chi connectivity index (χ3v) is 3.23. The van der Waals surface area contributed by atoms with E-state index >= 15 is 0 Å². The number of hydrazine groups is 1. The van der Waals surface area contributed by atoms with Gasteiger partial charge in [0.05, 0.1) is 6.04 Å². The summed E-state index contributed by atoms with van der Waals surface area (Å²) in [5, 5.41) is 3.35. The average Bonchev–Trinajstić information content (AvgIpc) is 2.81. The quantitative estimate of drug-likeness (QED) is 0.701. The minimum Gasteiger partial charge on any atom is -0.316 e. The second kappa shape index (κ2) is 6.22. The van der Waals surface area contributed by atoms with E-state index in [0.717, 1.165) is 31.6 Å². The summed E-state index contributed by atoms with van der Waals surface area (Å²) in [6, 6.07) is 4.11. The first kappa shape index (κ1) is 13.4. The topological polar surface area (TPSA) is 36.1 Å². The minimum atomic E-state index is -0.801. The standard InChI is InChI=1S/C13H19F2N3/c1-2-5-16-7-10-8-17-18-13(10)9-3-4-11(14)12(15)6-9/h3-4,6,10,13,16-18H,2,5,7-8H2,1H3. The fourth-order valence-corrected chi connectivity index (χ4v) is 2.25. The largest absolute Gasteiger partial charge is 0.316 e. The fourth-order valence-electron chi connectivity index (χ4n) is 2.25. The Morgan fingerprint density at radius 3 is 2.89 bits per heavy atom. The van der Waals surface area contributed by atoms with Crippen molar-refractivity contribution in [1.29, 1.82) is 0 Å². The maximum Gasteiger partial charge on any atom is 0.159 e. The molecule has 18 heavy (non-hydrogen) atoms. The zero-order valence-corrected chi connectivity index (χ0v) is 10.5. The normalized spacial score (nSPS) is 23.5. The summed E-state index contributed by atoms with van der Waals surface area (Å²) in [5.74, 6) is -1.26. The molecule has 2 unspecified atom stereocenters. The second-order valence-corrected chi connectivity index (χ2v) is 4.64. The van der Waals surface area contributed by atoms with Gasteiger partial charge in [-0.15, -0.1) is 0 Å². The van der Waals surface area contributed by atoms with Crippen molar-refractivity contribution in [1.82, 2.24) is 16.2 Å². The van der Waals surface area contributed by atoms with Gasteiger partial charge in [-0.05, 0) is 30.7 Å². The molecule has 1 aromatic carbocycles. The van der Waals surface area contributed by atoms with E-state index in [9.17, 15) is 8.78 Å². The molecule has 1 saturated heterocycles. The Morgan fingerprint density at radius 2 is 2.17 bits per heavy atom. The van der Waals surface area contributed by atoms with E-state index in [1.54, 1.807) is 6.07 Å². The van der Waals surface area contributed by atoms with Crippen molar-refractivity contribution in [2.75, 3.05) is 19.6 Å². The SMILES string of the molecule is CCCNCC1CNNC1c1ccc(F)c(F)c1. The predicted octanol–water partition coefficient (Wildman–Crippen LogP) is 1.73. The van der Waals surface area contributed by atoms with E-state index in [0.29, 0.717) is 5.92 Å². The van der Waals surface area contributed by atoms with Crippen LogP contribution in [0.5, 0.6) is 0 Å². The summed E-state index contributed by atoms with van der Waals surface area (Å²) in [5.41, 5.74) is 6.97. The lowest BCUT2D eigenvalue weighted by Crippen LogP contribution is -2.29. The Labute approximate surface area is 106 Å². The molecule has 1 aliphatic rings. The van der Waals surface area contributed by atoms with E-state index in [4.69, 9.17) is 0 Å². The van der Waals surface area contributed by atoms with Crippen molar-refractivity contribution in [3.05, 3.63) is 35.4 Å². The molecule has 0 aromatic heterocycles. The molecular weight excluding hydrogens is 236 g/mol. The summed E-state index contributed by atoms with van der Waals surface area (Å²) >= 11 is 0. The van der Waals surface area contributed by atoms with Gasteiger partial charge in [0.15, 0.2) is 11.6 Å². The summed E-state index contributed by atoms with van der Waals surface area (Å²) in [6.07, 6.45) is 1.09. The van der Waals surface area contributed by atoms with Crippen molar-refractivity contribution in [2.45, 2.75) is 19.4 Å². The lowest BCUT2D eigenvalue weighted by molar-refractivity contribution is 0.437. The van der Waals surface area contributed by atoms with Gasteiger partial charge in [-0.2, -0.15) is 0 Å². The summed E-state index contributed by atoms with van der Waals surface area (Å²) in [7, 11) is 0. The highest BCUT2D eigenvalue weighted by Crippen LogP contribution is 2.25. The maximum atomic E-state index is 13.2. The Balaban J connectivity index is 2.03. The van der Waals surface area contributed by atoms with Crippen LogP contribution in [-0.2, 0) is 0 Å². The molecule has 100 valence electrons. The van der Waals surface area contributed by atoms with Crippen molar-refractivity contribution in [3.8, 4) is 0 Å². The van der Waals surface area contributed by atoms with Crippen molar-refractivity contribution in [2.24, 2.45) is 5.92 Å². The highest BCUT2D eigenvalue weighted by molar-refractivity contribution is 5.23. The third-order valence-electron chi connectivity index (χ3n) is 3.23. The van der Waals surface area contributed by atoms with Crippen LogP contribution in [0.25, 0.3) is 0 Å². The molecule has 2 atom stereocenters. The minimum absolute atomic E-state index is 0.0180. The Morgan fingerprint density at radius 1 is 1.33 bits per heavy atom. The van der Waals surface area contributed by atoms with Crippen molar-refractivity contribution < 1.29 is 8.78 Å². The lowest BCUT2D eigenvalue weighted by Gasteiger charge is -2.19. The average molecular weight is 255 g/mol. The van der Waals surface area contributed by atoms with Gasteiger partial charge in [0.2, 0.25) is 0 Å². The number of nitrogens with one attached hydrogen (secondary N) is 3. The molecule has 1 fully saturated rings. The highest BCUT2D eigenvalue weighted by Gasteiger charge is 2.28. The van der Waals surface area contributed by atoms with Crippen LogP contribution in [0.4, 0.5) is 8.78 Å². The van der Waals surface area contributed by atoms with Crippen molar-refractivity contribution >= 4 is 0 Å². The van der Waals surface area contributed by atoms with E-state index in [1.807, 2.05) is 0 Å². The van der Waals surface area contributed by atoms with Gasteiger partial charge in [-0.1, -0.05) is 13.0 Å². The van der Waals surface area contributed by atoms with Crippen LogP contribution >= 0.6 is 0 Å². The third kappa shape index (κ3) is 3.04. The predicted molar refractivity (Wildman–Crippen MR) is 66.9 cm³/mol. The number of rotatable bonds is 5. The number of benzene rings is 1. The van der Waals surface area contributed by atoms with Crippen LogP contribution in [0.1, 0.15) is 24.9 Å². The van der Waals surface area contributed by atoms with Gasteiger partial charge in [0.1, 0.15) is 0 Å². The first-order valence-electron chi connectivity index (χ1n) is 6.36. The van der Waals surface area contributed by atoms with Gasteiger partial charge in [-0.3, -0.25) is 5.43 Å². The molecule has 0 saturated carbocycles. The first-order valence-corrected chi connectivity index (χ1v) is 6.36. The number of hydrogen-bond acceptors (Lipinski definition) is 3. The van der Waals surface area contributed by atoms with Gasteiger partial charge in [0, 0.05) is 19.0 Å². The molecule has 1 heterocycles. The summed E-state index contributed by atoms with van der Waals surface area (Å²) in [4.78, 5) is 0. The second-order valence-electron chi connectivity index (χ2n) is 4.64. The van der Waals surface area contributed by atoms with E-state index in [-0.39, 0.29) is 6.04 Å². The van der Waals surface area contributed by atoms with E-state index < -0.39 is 11.6 Å². The van der Waals surface area contributed by atoms with E-state index in [1.165, 1.54) is 12.1 Å². The van der Waals surface area contributed by atoms with Gasteiger partial charge in [0.25, 0.3) is 0 Å². The van der Waals surface area contributed by atoms with Gasteiger partial charge >= 0.3 is 0 Å². The Hall–Kier alpha value is -1.04. The maximum absolute atomic E-state index is 13.2. The molecule has 0 bridgehead atoms. The molecule has 3 N–H and O–H groups in total. The van der Waals surface area contributed by atoms with Crippen LogP contribution in [0.3, 0.4) is 0 Å². The first-order chi connectivity index (χ1) is 8.72. The Bertz CT molecular complexity index is 398. The Kier molecular flexibility index (Phi) is 4.63. The summed E-state index contributed by atoms with van der Waals surface area (Å²) in [6.45, 7) is 4.77. The highest BCUT2D eigenvalue weighted by atomic mass is 19.2. The van der Waals surface area contributed by atoms with Crippen LogP contribution in [-0.4, -0.2) is 19.6 Å². The molecule has 1 aliphatic heterocycles. The molecule has 0 amide bonds. The van der Waals surface area contributed by atoms with Gasteiger partial charge in [-0.25, -0.2) is 14.2 Å². The smallest absolute Gasteiger partial charge is 0.159 e. The van der Waals surface area contributed by atoms with Crippen LogP contribution in [0.15, 0.2) is 18.2 Å². The van der Waals surface area contributed by atoms with E-state index in [2.05, 4.69) is 23.1 Å². The molecule has 0 aliphatic carbocycles. The monoisotopic (exact) mass is 255 g/mol. The van der Waals surface area contributed by atoms with Crippen LogP contribution in [0.2, 0.25) is 0 Å². The zero-order valence-electron chi connectivity index (χ0n) is 10.5.